The van der Waals surface area contributed by atoms with Crippen LogP contribution in [0.1, 0.15) is 29.2 Å². The molecule has 0 aromatic heterocycles. The normalized spacial score (nSPS) is 12.9. The number of benzene rings is 3. The van der Waals surface area contributed by atoms with Crippen molar-refractivity contribution in [3.8, 4) is 0 Å². The van der Waals surface area contributed by atoms with Gasteiger partial charge < -0.3 is 15.1 Å². The van der Waals surface area contributed by atoms with Crippen molar-refractivity contribution in [2.75, 3.05) is 19.0 Å². The van der Waals surface area contributed by atoms with Crippen molar-refractivity contribution in [2.24, 2.45) is 5.92 Å². The fourth-order valence-corrected chi connectivity index (χ4v) is 3.85. The minimum atomic E-state index is -1.45. The molecule has 0 saturated heterocycles. The second-order valence-corrected chi connectivity index (χ2v) is 8.06. The molecule has 0 aliphatic rings. The summed E-state index contributed by atoms with van der Waals surface area (Å²) < 4.78 is 0. The van der Waals surface area contributed by atoms with E-state index >= 15 is 0 Å². The van der Waals surface area contributed by atoms with E-state index in [1.165, 1.54) is 0 Å². The average molecular weight is 418 g/mol. The third kappa shape index (κ3) is 4.61. The van der Waals surface area contributed by atoms with Gasteiger partial charge in [0.1, 0.15) is 0 Å². The molecule has 31 heavy (non-hydrogen) atoms. The fourth-order valence-electron chi connectivity index (χ4n) is 3.85. The number of anilines is 1. The number of rotatable bonds is 8. The molecule has 0 bridgehead atoms. The summed E-state index contributed by atoms with van der Waals surface area (Å²) in [7, 11) is 4.01. The van der Waals surface area contributed by atoms with Crippen LogP contribution in [0, 0.1) is 5.92 Å². The Balaban J connectivity index is 2.02. The molecule has 3 aromatic carbocycles. The molecule has 0 fully saturated rings. The van der Waals surface area contributed by atoms with Crippen molar-refractivity contribution >= 4 is 17.6 Å². The quantitative estimate of drug-likeness (QED) is 0.419. The Labute approximate surface area is 182 Å². The summed E-state index contributed by atoms with van der Waals surface area (Å²) in [4.78, 5) is 24.5. The molecule has 1 atom stereocenters. The molecule has 0 heterocycles. The van der Waals surface area contributed by atoms with E-state index in [0.29, 0.717) is 5.56 Å². The SMILES string of the molecule is CN(C)c1ccc(C(C)(c2ccccc2)c2ccc(CC(C(=O)O)C(=O)O)cc2)cc1. The van der Waals surface area contributed by atoms with Gasteiger partial charge in [-0.3, -0.25) is 9.59 Å². The van der Waals surface area contributed by atoms with E-state index in [4.69, 9.17) is 10.2 Å². The minimum absolute atomic E-state index is 0.0511. The molecule has 3 rings (SSSR count). The Kier molecular flexibility index (Phi) is 6.44. The fraction of sp³-hybridized carbons (Fsp3) is 0.231. The van der Waals surface area contributed by atoms with Crippen molar-refractivity contribution in [3.05, 3.63) is 101 Å². The number of hydrogen-bond donors (Lipinski definition) is 2. The number of nitrogens with zero attached hydrogens (tertiary/aromatic N) is 1. The highest BCUT2D eigenvalue weighted by Gasteiger charge is 2.31. The van der Waals surface area contributed by atoms with Crippen molar-refractivity contribution in [1.29, 1.82) is 0 Å². The van der Waals surface area contributed by atoms with Crippen LogP contribution in [0.3, 0.4) is 0 Å². The first-order valence-electron chi connectivity index (χ1n) is 10.1. The Morgan fingerprint density at radius 2 is 1.23 bits per heavy atom. The molecule has 0 spiro atoms. The third-order valence-corrected chi connectivity index (χ3v) is 5.88. The summed E-state index contributed by atoms with van der Waals surface area (Å²) >= 11 is 0. The summed E-state index contributed by atoms with van der Waals surface area (Å²) in [5, 5.41) is 18.3. The maximum absolute atomic E-state index is 11.2. The molecular formula is C26H27NO4. The van der Waals surface area contributed by atoms with Gasteiger partial charge in [0.15, 0.2) is 5.92 Å². The van der Waals surface area contributed by atoms with Crippen LogP contribution in [0.2, 0.25) is 0 Å². The number of aliphatic carboxylic acids is 2. The Hall–Kier alpha value is -3.60. The lowest BCUT2D eigenvalue weighted by Gasteiger charge is -2.32. The van der Waals surface area contributed by atoms with E-state index in [9.17, 15) is 9.59 Å². The highest BCUT2D eigenvalue weighted by Crippen LogP contribution is 2.39. The highest BCUT2D eigenvalue weighted by molar-refractivity contribution is 5.93. The first-order valence-corrected chi connectivity index (χ1v) is 10.1. The van der Waals surface area contributed by atoms with Crippen LogP contribution in [-0.2, 0) is 21.4 Å². The second-order valence-electron chi connectivity index (χ2n) is 8.06. The molecule has 5 nitrogen and oxygen atoms in total. The van der Waals surface area contributed by atoms with Gasteiger partial charge in [-0.15, -0.1) is 0 Å². The maximum Gasteiger partial charge on any atom is 0.318 e. The molecule has 2 N–H and O–H groups in total. The van der Waals surface area contributed by atoms with Gasteiger partial charge in [-0.05, 0) is 47.7 Å². The van der Waals surface area contributed by atoms with Gasteiger partial charge in [-0.1, -0.05) is 66.7 Å². The van der Waals surface area contributed by atoms with E-state index in [1.54, 1.807) is 0 Å². The lowest BCUT2D eigenvalue weighted by molar-refractivity contribution is -0.154. The molecule has 1 unspecified atom stereocenters. The van der Waals surface area contributed by atoms with Crippen LogP contribution in [-0.4, -0.2) is 36.2 Å². The predicted molar refractivity (Wildman–Crippen MR) is 122 cm³/mol. The number of hydrogen-bond acceptors (Lipinski definition) is 3. The van der Waals surface area contributed by atoms with Crippen LogP contribution < -0.4 is 4.90 Å². The zero-order valence-electron chi connectivity index (χ0n) is 17.9. The van der Waals surface area contributed by atoms with Gasteiger partial charge in [-0.25, -0.2) is 0 Å². The molecule has 0 aliphatic carbocycles. The Bertz CT molecular complexity index is 1030. The second kappa shape index (κ2) is 9.04. The van der Waals surface area contributed by atoms with Crippen LogP contribution in [0.4, 0.5) is 5.69 Å². The molecule has 0 amide bonds. The van der Waals surface area contributed by atoms with Crippen molar-refractivity contribution in [1.82, 2.24) is 0 Å². The highest BCUT2D eigenvalue weighted by atomic mass is 16.4. The largest absolute Gasteiger partial charge is 0.481 e. The lowest BCUT2D eigenvalue weighted by Crippen LogP contribution is -2.26. The molecule has 5 heteroatoms. The van der Waals surface area contributed by atoms with Gasteiger partial charge in [0, 0.05) is 25.2 Å². The maximum atomic E-state index is 11.2. The predicted octanol–water partition coefficient (Wildman–Crippen LogP) is 4.43. The monoisotopic (exact) mass is 417 g/mol. The zero-order valence-corrected chi connectivity index (χ0v) is 17.9. The molecule has 3 aromatic rings. The van der Waals surface area contributed by atoms with E-state index in [1.807, 2.05) is 56.6 Å². The van der Waals surface area contributed by atoms with Gasteiger partial charge >= 0.3 is 11.9 Å². The van der Waals surface area contributed by atoms with E-state index < -0.39 is 23.3 Å². The van der Waals surface area contributed by atoms with E-state index in [-0.39, 0.29) is 6.42 Å². The van der Waals surface area contributed by atoms with Crippen molar-refractivity contribution < 1.29 is 19.8 Å². The Morgan fingerprint density at radius 3 is 1.68 bits per heavy atom. The standard InChI is InChI=1S/C26H27NO4/c1-26(19-7-5-4-6-8-19,21-13-15-22(16-14-21)27(2)3)20-11-9-18(10-12-20)17-23(24(28)29)25(30)31/h4-16,23H,17H2,1-3H3,(H,28,29)(H,30,31). The zero-order chi connectivity index (χ0) is 22.6. The van der Waals surface area contributed by atoms with Crippen molar-refractivity contribution in [3.63, 3.8) is 0 Å². The average Bonchev–Trinajstić information content (AvgIpc) is 2.77. The smallest absolute Gasteiger partial charge is 0.318 e. The van der Waals surface area contributed by atoms with Crippen LogP contribution >= 0.6 is 0 Å². The third-order valence-electron chi connectivity index (χ3n) is 5.88. The summed E-state index contributed by atoms with van der Waals surface area (Å²) in [6, 6.07) is 26.2. The van der Waals surface area contributed by atoms with E-state index in [0.717, 1.165) is 22.4 Å². The minimum Gasteiger partial charge on any atom is -0.481 e. The first kappa shape index (κ1) is 22.1. The van der Waals surface area contributed by atoms with Gasteiger partial charge in [0.25, 0.3) is 0 Å². The van der Waals surface area contributed by atoms with E-state index in [2.05, 4.69) is 48.2 Å². The molecule has 160 valence electrons. The summed E-state index contributed by atoms with van der Waals surface area (Å²) in [5.74, 6) is -4.11. The molecule has 0 saturated carbocycles. The summed E-state index contributed by atoms with van der Waals surface area (Å²) in [6.07, 6.45) is -0.0511. The summed E-state index contributed by atoms with van der Waals surface area (Å²) in [5.41, 5.74) is 4.67. The number of carboxylic acid groups (broad SMARTS) is 2. The Morgan fingerprint density at radius 1 is 0.774 bits per heavy atom. The molecular weight excluding hydrogens is 390 g/mol. The summed E-state index contributed by atoms with van der Waals surface area (Å²) in [6.45, 7) is 2.17. The van der Waals surface area contributed by atoms with Crippen LogP contribution in [0.5, 0.6) is 0 Å². The van der Waals surface area contributed by atoms with Crippen molar-refractivity contribution in [2.45, 2.75) is 18.8 Å². The molecule has 0 aliphatic heterocycles. The van der Waals surface area contributed by atoms with Gasteiger partial charge in [-0.2, -0.15) is 0 Å². The first-order chi connectivity index (χ1) is 14.7. The number of carboxylic acids is 2. The van der Waals surface area contributed by atoms with Crippen LogP contribution in [0.15, 0.2) is 78.9 Å². The van der Waals surface area contributed by atoms with Gasteiger partial charge in [0.2, 0.25) is 0 Å². The number of carbonyl (C=O) groups is 2. The molecule has 0 radical (unpaired) electrons. The van der Waals surface area contributed by atoms with Crippen LogP contribution in [0.25, 0.3) is 0 Å². The topological polar surface area (TPSA) is 77.8 Å². The lowest BCUT2D eigenvalue weighted by atomic mass is 9.71. The van der Waals surface area contributed by atoms with Gasteiger partial charge in [0.05, 0.1) is 0 Å².